The van der Waals surface area contributed by atoms with Gasteiger partial charge in [0.15, 0.2) is 0 Å². The number of likely N-dealkylation sites (tertiary alicyclic amines) is 1. The van der Waals surface area contributed by atoms with Gasteiger partial charge in [-0.1, -0.05) is 22.9 Å². The highest BCUT2D eigenvalue weighted by Crippen LogP contribution is 2.27. The lowest BCUT2D eigenvalue weighted by Crippen LogP contribution is -2.49. The lowest BCUT2D eigenvalue weighted by atomic mass is 9.99. The highest BCUT2D eigenvalue weighted by atomic mass is 79.9. The van der Waals surface area contributed by atoms with E-state index in [0.29, 0.717) is 19.7 Å². The molecule has 0 saturated carbocycles. The summed E-state index contributed by atoms with van der Waals surface area (Å²) in [5.41, 5.74) is 1.10. The Morgan fingerprint density at radius 2 is 2.26 bits per heavy atom. The molecule has 1 aromatic rings. The molecule has 1 N–H and O–H groups in total. The predicted octanol–water partition coefficient (Wildman–Crippen LogP) is 2.75. The summed E-state index contributed by atoms with van der Waals surface area (Å²) in [6.45, 7) is 4.75. The predicted molar refractivity (Wildman–Crippen MR) is 76.3 cm³/mol. The lowest BCUT2D eigenvalue weighted by Gasteiger charge is -2.36. The van der Waals surface area contributed by atoms with E-state index in [1.165, 1.54) is 0 Å². The summed E-state index contributed by atoms with van der Waals surface area (Å²) in [4.78, 5) is 12.9. The van der Waals surface area contributed by atoms with Gasteiger partial charge in [-0.05, 0) is 24.6 Å². The van der Waals surface area contributed by atoms with E-state index in [1.54, 1.807) is 0 Å². The van der Waals surface area contributed by atoms with Crippen LogP contribution in [0.1, 0.15) is 18.9 Å². The van der Waals surface area contributed by atoms with Crippen LogP contribution in [0.3, 0.4) is 0 Å². The van der Waals surface area contributed by atoms with E-state index >= 15 is 0 Å². The quantitative estimate of drug-likeness (QED) is 0.872. The van der Waals surface area contributed by atoms with E-state index in [1.807, 2.05) is 18.2 Å². The van der Waals surface area contributed by atoms with E-state index in [9.17, 15) is 4.79 Å². The SMILES string of the molecule is CCCOc1ccc(Br)cc1CN1CC(C(=O)O)C1. The third kappa shape index (κ3) is 3.70. The molecule has 1 heterocycles. The van der Waals surface area contributed by atoms with Crippen LogP contribution in [0, 0.1) is 5.92 Å². The van der Waals surface area contributed by atoms with Crippen molar-refractivity contribution in [1.82, 2.24) is 4.90 Å². The van der Waals surface area contributed by atoms with E-state index in [2.05, 4.69) is 27.8 Å². The number of carboxylic acid groups (broad SMARTS) is 1. The second kappa shape index (κ2) is 6.39. The van der Waals surface area contributed by atoms with Gasteiger partial charge >= 0.3 is 5.97 Å². The topological polar surface area (TPSA) is 49.8 Å². The number of carboxylic acids is 1. The molecule has 0 radical (unpaired) electrons. The van der Waals surface area contributed by atoms with Gasteiger partial charge in [0, 0.05) is 29.7 Å². The second-order valence-corrected chi connectivity index (χ2v) is 5.75. The molecular weight excluding hydrogens is 310 g/mol. The van der Waals surface area contributed by atoms with Crippen LogP contribution in [-0.2, 0) is 11.3 Å². The Bertz CT molecular complexity index is 458. The maximum atomic E-state index is 10.8. The molecule has 0 aliphatic carbocycles. The van der Waals surface area contributed by atoms with E-state index in [4.69, 9.17) is 9.84 Å². The van der Waals surface area contributed by atoms with Crippen LogP contribution in [0.2, 0.25) is 0 Å². The molecule has 0 spiro atoms. The van der Waals surface area contributed by atoms with Crippen LogP contribution < -0.4 is 4.74 Å². The summed E-state index contributed by atoms with van der Waals surface area (Å²) in [6, 6.07) is 5.97. The molecule has 1 aliphatic rings. The normalized spacial score (nSPS) is 16.1. The van der Waals surface area contributed by atoms with Crippen molar-refractivity contribution >= 4 is 21.9 Å². The fourth-order valence-corrected chi connectivity index (χ4v) is 2.53. The van der Waals surface area contributed by atoms with E-state index in [0.717, 1.165) is 28.8 Å². The average Bonchev–Trinajstić information content (AvgIpc) is 2.31. The third-order valence-electron chi connectivity index (χ3n) is 3.18. The van der Waals surface area contributed by atoms with Gasteiger partial charge in [0.1, 0.15) is 5.75 Å². The fraction of sp³-hybridized carbons (Fsp3) is 0.500. The fourth-order valence-electron chi connectivity index (χ4n) is 2.12. The number of hydrogen-bond donors (Lipinski definition) is 1. The molecule has 1 fully saturated rings. The summed E-state index contributed by atoms with van der Waals surface area (Å²) in [5, 5.41) is 8.87. The monoisotopic (exact) mass is 327 g/mol. The van der Waals surface area contributed by atoms with Crippen molar-refractivity contribution in [3.05, 3.63) is 28.2 Å². The summed E-state index contributed by atoms with van der Waals surface area (Å²) in [6.07, 6.45) is 0.973. The lowest BCUT2D eigenvalue weighted by molar-refractivity contribution is -0.147. The van der Waals surface area contributed by atoms with Crippen molar-refractivity contribution in [2.75, 3.05) is 19.7 Å². The zero-order valence-corrected chi connectivity index (χ0v) is 12.5. The molecule has 4 nitrogen and oxygen atoms in total. The summed E-state index contributed by atoms with van der Waals surface area (Å²) in [7, 11) is 0. The van der Waals surface area contributed by atoms with Gasteiger partial charge in [0.05, 0.1) is 12.5 Å². The van der Waals surface area contributed by atoms with Gasteiger partial charge in [-0.15, -0.1) is 0 Å². The standard InChI is InChI=1S/C14H18BrNO3/c1-2-5-19-13-4-3-12(15)6-10(13)7-16-8-11(9-16)14(17)18/h3-4,6,11H,2,5,7-9H2,1H3,(H,17,18). The highest BCUT2D eigenvalue weighted by molar-refractivity contribution is 9.10. The van der Waals surface area contributed by atoms with Crippen LogP contribution in [-0.4, -0.2) is 35.7 Å². The molecule has 1 saturated heterocycles. The number of nitrogens with zero attached hydrogens (tertiary/aromatic N) is 1. The molecule has 0 amide bonds. The van der Waals surface area contributed by atoms with Gasteiger partial charge in [0.2, 0.25) is 0 Å². The largest absolute Gasteiger partial charge is 0.493 e. The van der Waals surface area contributed by atoms with Crippen molar-refractivity contribution in [3.63, 3.8) is 0 Å². The molecule has 2 rings (SSSR count). The maximum Gasteiger partial charge on any atom is 0.309 e. The Kier molecular flexibility index (Phi) is 4.82. The Labute approximate surface area is 121 Å². The van der Waals surface area contributed by atoms with Crippen LogP contribution in [0.5, 0.6) is 5.75 Å². The Hall–Kier alpha value is -1.07. The van der Waals surface area contributed by atoms with Gasteiger partial charge in [-0.2, -0.15) is 0 Å². The first-order valence-corrected chi connectivity index (χ1v) is 7.26. The minimum Gasteiger partial charge on any atom is -0.493 e. The second-order valence-electron chi connectivity index (χ2n) is 4.83. The van der Waals surface area contributed by atoms with Crippen molar-refractivity contribution in [2.24, 2.45) is 5.92 Å². The number of halogens is 1. The van der Waals surface area contributed by atoms with Crippen molar-refractivity contribution in [1.29, 1.82) is 0 Å². The van der Waals surface area contributed by atoms with Gasteiger partial charge in [-0.3, -0.25) is 9.69 Å². The smallest absolute Gasteiger partial charge is 0.309 e. The number of rotatable bonds is 6. The molecule has 104 valence electrons. The third-order valence-corrected chi connectivity index (χ3v) is 3.68. The van der Waals surface area contributed by atoms with Crippen molar-refractivity contribution in [2.45, 2.75) is 19.9 Å². The molecule has 0 bridgehead atoms. The summed E-state index contributed by atoms with van der Waals surface area (Å²) in [5.74, 6) is -0.0241. The molecule has 1 aromatic carbocycles. The zero-order valence-electron chi connectivity index (χ0n) is 10.9. The maximum absolute atomic E-state index is 10.8. The number of ether oxygens (including phenoxy) is 1. The Balaban J connectivity index is 1.99. The average molecular weight is 328 g/mol. The van der Waals surface area contributed by atoms with Crippen molar-refractivity contribution < 1.29 is 14.6 Å². The highest BCUT2D eigenvalue weighted by Gasteiger charge is 2.32. The molecule has 0 atom stereocenters. The first-order chi connectivity index (χ1) is 9.10. The van der Waals surface area contributed by atoms with E-state index in [-0.39, 0.29) is 5.92 Å². The minimum absolute atomic E-state index is 0.216. The van der Waals surface area contributed by atoms with Crippen LogP contribution in [0.4, 0.5) is 0 Å². The van der Waals surface area contributed by atoms with Crippen LogP contribution in [0.25, 0.3) is 0 Å². The van der Waals surface area contributed by atoms with Crippen LogP contribution >= 0.6 is 15.9 Å². The molecule has 0 aromatic heterocycles. The van der Waals surface area contributed by atoms with E-state index < -0.39 is 5.97 Å². The molecule has 5 heteroatoms. The summed E-state index contributed by atoms with van der Waals surface area (Å²) < 4.78 is 6.74. The zero-order chi connectivity index (χ0) is 13.8. The number of benzene rings is 1. The van der Waals surface area contributed by atoms with Gasteiger partial charge < -0.3 is 9.84 Å². The van der Waals surface area contributed by atoms with Gasteiger partial charge in [-0.25, -0.2) is 0 Å². The molecular formula is C14H18BrNO3. The number of hydrogen-bond acceptors (Lipinski definition) is 3. The molecule has 19 heavy (non-hydrogen) atoms. The van der Waals surface area contributed by atoms with Crippen LogP contribution in [0.15, 0.2) is 22.7 Å². The van der Waals surface area contributed by atoms with Crippen molar-refractivity contribution in [3.8, 4) is 5.75 Å². The molecule has 0 unspecified atom stereocenters. The first-order valence-electron chi connectivity index (χ1n) is 6.46. The first kappa shape index (κ1) is 14.3. The van der Waals surface area contributed by atoms with Gasteiger partial charge in [0.25, 0.3) is 0 Å². The Morgan fingerprint density at radius 3 is 2.89 bits per heavy atom. The molecule has 1 aliphatic heterocycles. The Morgan fingerprint density at radius 1 is 1.53 bits per heavy atom. The number of aliphatic carboxylic acids is 1. The summed E-state index contributed by atoms with van der Waals surface area (Å²) >= 11 is 3.46. The number of carbonyl (C=O) groups is 1. The minimum atomic E-state index is -0.701.